The Hall–Kier alpha value is -1.47. The van der Waals surface area contributed by atoms with Gasteiger partial charge in [-0.3, -0.25) is 10.1 Å². The van der Waals surface area contributed by atoms with Crippen molar-refractivity contribution in [3.8, 4) is 0 Å². The fourth-order valence-corrected chi connectivity index (χ4v) is 1.67. The quantitative estimate of drug-likeness (QED) is 0.341. The number of nitro groups is 1. The largest absolute Gasteiger partial charge is 0.381 e. The Balaban J connectivity index is 1.74. The van der Waals surface area contributed by atoms with Gasteiger partial charge in [0.05, 0.1) is 4.92 Å². The maximum atomic E-state index is 10.8. The molecular formula is C11H15ClN4O3. The number of hydrogen-bond acceptors (Lipinski definition) is 6. The molecule has 0 bridgehead atoms. The first-order valence-corrected chi connectivity index (χ1v) is 6.53. The van der Waals surface area contributed by atoms with E-state index >= 15 is 0 Å². The molecule has 0 saturated heterocycles. The molecule has 0 atom stereocenters. The van der Waals surface area contributed by atoms with Crippen molar-refractivity contribution < 1.29 is 9.66 Å². The molecule has 0 unspecified atom stereocenters. The first-order chi connectivity index (χ1) is 9.16. The summed E-state index contributed by atoms with van der Waals surface area (Å²) < 4.78 is 5.46. The number of hydrogen-bond donors (Lipinski definition) is 1. The van der Waals surface area contributed by atoms with Crippen LogP contribution >= 0.6 is 11.6 Å². The van der Waals surface area contributed by atoms with E-state index in [1.54, 1.807) is 0 Å². The minimum atomic E-state index is -0.539. The van der Waals surface area contributed by atoms with Crippen LogP contribution in [-0.2, 0) is 4.74 Å². The van der Waals surface area contributed by atoms with Crippen molar-refractivity contribution >= 4 is 23.1 Å². The van der Waals surface area contributed by atoms with E-state index in [0.29, 0.717) is 13.2 Å². The molecule has 1 heterocycles. The maximum Gasteiger partial charge on any atom is 0.329 e. The lowest BCUT2D eigenvalue weighted by molar-refractivity contribution is -0.384. The van der Waals surface area contributed by atoms with Crippen molar-refractivity contribution in [2.45, 2.75) is 19.3 Å². The molecule has 1 aliphatic carbocycles. The molecule has 1 N–H and O–H groups in total. The van der Waals surface area contributed by atoms with Crippen molar-refractivity contribution in [3.63, 3.8) is 0 Å². The highest BCUT2D eigenvalue weighted by molar-refractivity contribution is 6.28. The number of ether oxygens (including phenoxy) is 1. The zero-order chi connectivity index (χ0) is 13.7. The van der Waals surface area contributed by atoms with Crippen LogP contribution in [-0.4, -0.2) is 34.6 Å². The van der Waals surface area contributed by atoms with E-state index < -0.39 is 4.92 Å². The summed E-state index contributed by atoms with van der Waals surface area (Å²) >= 11 is 5.62. The third kappa shape index (κ3) is 4.60. The van der Waals surface area contributed by atoms with Crippen LogP contribution < -0.4 is 5.32 Å². The number of aromatic nitrogens is 2. The van der Waals surface area contributed by atoms with Gasteiger partial charge >= 0.3 is 5.69 Å². The summed E-state index contributed by atoms with van der Waals surface area (Å²) in [5.41, 5.74) is -0.178. The zero-order valence-corrected chi connectivity index (χ0v) is 11.1. The zero-order valence-electron chi connectivity index (χ0n) is 10.3. The van der Waals surface area contributed by atoms with Gasteiger partial charge in [-0.25, -0.2) is 4.98 Å². The molecule has 2 rings (SSSR count). The van der Waals surface area contributed by atoms with Crippen LogP contribution in [0.3, 0.4) is 0 Å². The maximum absolute atomic E-state index is 10.8. The second-order valence-corrected chi connectivity index (χ2v) is 4.77. The van der Waals surface area contributed by atoms with Gasteiger partial charge in [0, 0.05) is 19.8 Å². The predicted octanol–water partition coefficient (Wildman–Crippen LogP) is 2.27. The van der Waals surface area contributed by atoms with Crippen LogP contribution in [0.25, 0.3) is 0 Å². The van der Waals surface area contributed by atoms with Crippen LogP contribution in [0.1, 0.15) is 19.3 Å². The van der Waals surface area contributed by atoms with E-state index in [4.69, 9.17) is 16.3 Å². The second-order valence-electron chi connectivity index (χ2n) is 4.43. The minimum Gasteiger partial charge on any atom is -0.381 e. The van der Waals surface area contributed by atoms with Crippen LogP contribution in [0.5, 0.6) is 0 Å². The molecule has 1 aromatic heterocycles. The molecule has 7 nitrogen and oxygen atoms in total. The average Bonchev–Trinajstić information content (AvgIpc) is 3.17. The minimum absolute atomic E-state index is 0.0157. The van der Waals surface area contributed by atoms with Gasteiger partial charge in [0.25, 0.3) is 0 Å². The Bertz CT molecular complexity index is 454. The molecule has 1 aliphatic rings. The Morgan fingerprint density at radius 1 is 1.58 bits per heavy atom. The third-order valence-corrected chi connectivity index (χ3v) is 2.93. The Kier molecular flexibility index (Phi) is 4.86. The lowest BCUT2D eigenvalue weighted by Crippen LogP contribution is -2.10. The van der Waals surface area contributed by atoms with E-state index in [1.165, 1.54) is 12.8 Å². The lowest BCUT2D eigenvalue weighted by atomic mass is 10.4. The first-order valence-electron chi connectivity index (χ1n) is 6.15. The summed E-state index contributed by atoms with van der Waals surface area (Å²) in [6.45, 7) is 1.99. The molecule has 8 heteroatoms. The number of nitrogens with zero attached hydrogens (tertiary/aromatic N) is 3. The van der Waals surface area contributed by atoms with Crippen molar-refractivity contribution in [3.05, 3.63) is 21.6 Å². The van der Waals surface area contributed by atoms with E-state index in [0.717, 1.165) is 25.1 Å². The highest BCUT2D eigenvalue weighted by atomic mass is 35.5. The Labute approximate surface area is 115 Å². The molecular weight excluding hydrogens is 272 g/mol. The first kappa shape index (κ1) is 14.0. The van der Waals surface area contributed by atoms with E-state index in [1.807, 2.05) is 0 Å². The number of anilines is 1. The van der Waals surface area contributed by atoms with Gasteiger partial charge < -0.3 is 10.1 Å². The normalized spacial score (nSPS) is 14.4. The van der Waals surface area contributed by atoms with Gasteiger partial charge in [-0.2, -0.15) is 4.98 Å². The van der Waals surface area contributed by atoms with Crippen LogP contribution in [0.4, 0.5) is 11.5 Å². The Morgan fingerprint density at radius 3 is 3.05 bits per heavy atom. The van der Waals surface area contributed by atoms with E-state index in [-0.39, 0.29) is 16.8 Å². The molecule has 0 aliphatic heterocycles. The summed E-state index contributed by atoms with van der Waals surface area (Å²) in [7, 11) is 0. The molecule has 1 saturated carbocycles. The van der Waals surface area contributed by atoms with Gasteiger partial charge in [-0.05, 0) is 36.8 Å². The van der Waals surface area contributed by atoms with Gasteiger partial charge in [-0.1, -0.05) is 0 Å². The van der Waals surface area contributed by atoms with Crippen LogP contribution in [0, 0.1) is 16.0 Å². The second kappa shape index (κ2) is 6.63. The number of rotatable bonds is 8. The van der Waals surface area contributed by atoms with Gasteiger partial charge in [0.2, 0.25) is 11.1 Å². The molecule has 0 radical (unpaired) electrons. The van der Waals surface area contributed by atoms with Gasteiger partial charge in [0.15, 0.2) is 0 Å². The summed E-state index contributed by atoms with van der Waals surface area (Å²) in [5.74, 6) is 0.891. The molecule has 0 aromatic carbocycles. The number of nitrogens with one attached hydrogen (secondary N) is 1. The highest BCUT2D eigenvalue weighted by Crippen LogP contribution is 2.28. The van der Waals surface area contributed by atoms with Gasteiger partial charge in [0.1, 0.15) is 6.20 Å². The highest BCUT2D eigenvalue weighted by Gasteiger charge is 2.21. The Morgan fingerprint density at radius 2 is 2.37 bits per heavy atom. The molecule has 0 spiro atoms. The van der Waals surface area contributed by atoms with Crippen molar-refractivity contribution in [1.29, 1.82) is 0 Å². The molecule has 19 heavy (non-hydrogen) atoms. The van der Waals surface area contributed by atoms with Crippen LogP contribution in [0.15, 0.2) is 6.20 Å². The summed E-state index contributed by atoms with van der Waals surface area (Å²) in [6, 6.07) is 0. The summed E-state index contributed by atoms with van der Waals surface area (Å²) in [4.78, 5) is 17.6. The lowest BCUT2D eigenvalue weighted by Gasteiger charge is -2.06. The van der Waals surface area contributed by atoms with Crippen LogP contribution in [0.2, 0.25) is 5.28 Å². The predicted molar refractivity (Wildman–Crippen MR) is 70.3 cm³/mol. The van der Waals surface area contributed by atoms with E-state index in [9.17, 15) is 10.1 Å². The summed E-state index contributed by atoms with van der Waals surface area (Å²) in [6.07, 6.45) is 4.39. The molecule has 1 aromatic rings. The van der Waals surface area contributed by atoms with E-state index in [2.05, 4.69) is 15.3 Å². The molecule has 0 amide bonds. The fraction of sp³-hybridized carbons (Fsp3) is 0.636. The average molecular weight is 287 g/mol. The monoisotopic (exact) mass is 286 g/mol. The van der Waals surface area contributed by atoms with Crippen molar-refractivity contribution in [1.82, 2.24) is 9.97 Å². The molecule has 1 fully saturated rings. The SMILES string of the molecule is O=[N+]([O-])c1cnc(Cl)nc1NCCCOCC1CC1. The smallest absolute Gasteiger partial charge is 0.329 e. The fourth-order valence-electron chi connectivity index (χ4n) is 1.53. The standard InChI is InChI=1S/C11H15ClN4O3/c12-11-14-6-9(16(17)18)10(15-11)13-4-1-5-19-7-8-2-3-8/h6,8H,1-5,7H2,(H,13,14,15). The molecule has 104 valence electrons. The topological polar surface area (TPSA) is 90.2 Å². The van der Waals surface area contributed by atoms with Crippen molar-refractivity contribution in [2.24, 2.45) is 5.92 Å². The van der Waals surface area contributed by atoms with Gasteiger partial charge in [-0.15, -0.1) is 0 Å². The van der Waals surface area contributed by atoms with Crippen molar-refractivity contribution in [2.75, 3.05) is 25.1 Å². The summed E-state index contributed by atoms with van der Waals surface area (Å²) in [5, 5.41) is 13.6. The third-order valence-electron chi connectivity index (χ3n) is 2.75. The number of halogens is 1.